The first kappa shape index (κ1) is 9.25. The third-order valence-corrected chi connectivity index (χ3v) is 7.47. The Hall–Kier alpha value is -0.993. The second-order valence-corrected chi connectivity index (χ2v) is 7.67. The minimum absolute atomic E-state index is 0.911. The maximum Gasteiger partial charge on any atom is 0.103 e. The highest BCUT2D eigenvalue weighted by Crippen LogP contribution is 2.28. The highest BCUT2D eigenvalue weighted by molar-refractivity contribution is 8.00. The fourth-order valence-electron chi connectivity index (χ4n) is 2.15. The molecule has 0 saturated heterocycles. The zero-order valence-electron chi connectivity index (χ0n) is 8.60. The SMILES string of the molecule is C[SiH]1c2ccccc2Sc2ccccc21. The summed E-state index contributed by atoms with van der Waals surface area (Å²) >= 11 is 1.92. The van der Waals surface area contributed by atoms with Gasteiger partial charge in [0.25, 0.3) is 0 Å². The largest absolute Gasteiger partial charge is 0.103 e. The fourth-order valence-corrected chi connectivity index (χ4v) is 6.65. The van der Waals surface area contributed by atoms with E-state index >= 15 is 0 Å². The van der Waals surface area contributed by atoms with Crippen molar-refractivity contribution in [3.05, 3.63) is 48.5 Å². The average Bonchev–Trinajstić information content (AvgIpc) is 2.30. The number of fused-ring (bicyclic) bond motifs is 2. The molecule has 74 valence electrons. The molecule has 15 heavy (non-hydrogen) atoms. The molecule has 0 aromatic heterocycles. The lowest BCUT2D eigenvalue weighted by Crippen LogP contribution is -2.43. The monoisotopic (exact) mass is 228 g/mol. The van der Waals surface area contributed by atoms with Crippen LogP contribution in [0.1, 0.15) is 0 Å². The summed E-state index contributed by atoms with van der Waals surface area (Å²) in [4.78, 5) is 2.94. The molecule has 1 aliphatic rings. The van der Waals surface area contributed by atoms with Crippen molar-refractivity contribution in [1.82, 2.24) is 0 Å². The quantitative estimate of drug-likeness (QED) is 0.623. The average molecular weight is 228 g/mol. The minimum atomic E-state index is -0.911. The molecule has 0 radical (unpaired) electrons. The van der Waals surface area contributed by atoms with Gasteiger partial charge in [0, 0.05) is 9.79 Å². The van der Waals surface area contributed by atoms with Crippen molar-refractivity contribution in [2.24, 2.45) is 0 Å². The van der Waals surface area contributed by atoms with Gasteiger partial charge in [0.05, 0.1) is 0 Å². The highest BCUT2D eigenvalue weighted by Gasteiger charge is 2.22. The van der Waals surface area contributed by atoms with Gasteiger partial charge in [-0.25, -0.2) is 0 Å². The lowest BCUT2D eigenvalue weighted by atomic mass is 10.3. The topological polar surface area (TPSA) is 0 Å². The summed E-state index contributed by atoms with van der Waals surface area (Å²) in [7, 11) is -0.911. The van der Waals surface area contributed by atoms with Crippen molar-refractivity contribution < 1.29 is 0 Å². The van der Waals surface area contributed by atoms with Crippen LogP contribution in [0.2, 0.25) is 6.55 Å². The second-order valence-electron chi connectivity index (χ2n) is 3.90. The van der Waals surface area contributed by atoms with Crippen molar-refractivity contribution in [1.29, 1.82) is 0 Å². The summed E-state index contributed by atoms with van der Waals surface area (Å²) in [5.41, 5.74) is 0. The van der Waals surface area contributed by atoms with Crippen LogP contribution in [0.5, 0.6) is 0 Å². The van der Waals surface area contributed by atoms with Crippen molar-refractivity contribution in [2.45, 2.75) is 16.3 Å². The third kappa shape index (κ3) is 1.45. The van der Waals surface area contributed by atoms with Crippen LogP contribution in [0.25, 0.3) is 0 Å². The van der Waals surface area contributed by atoms with Crippen LogP contribution in [0.4, 0.5) is 0 Å². The van der Waals surface area contributed by atoms with Gasteiger partial charge in [0.15, 0.2) is 0 Å². The van der Waals surface area contributed by atoms with Gasteiger partial charge in [-0.15, -0.1) is 0 Å². The summed E-state index contributed by atoms with van der Waals surface area (Å²) in [6.07, 6.45) is 0. The molecule has 0 amide bonds. The Morgan fingerprint density at radius 3 is 1.80 bits per heavy atom. The molecule has 2 heteroatoms. The summed E-state index contributed by atoms with van der Waals surface area (Å²) in [5, 5.41) is 3.20. The molecule has 0 nitrogen and oxygen atoms in total. The van der Waals surface area contributed by atoms with Crippen LogP contribution in [-0.2, 0) is 0 Å². The van der Waals surface area contributed by atoms with E-state index in [2.05, 4.69) is 55.1 Å². The first-order valence-corrected chi connectivity index (χ1v) is 8.34. The van der Waals surface area contributed by atoms with Crippen molar-refractivity contribution in [3.8, 4) is 0 Å². The molecule has 0 atom stereocenters. The predicted molar refractivity (Wildman–Crippen MR) is 69.3 cm³/mol. The van der Waals surface area contributed by atoms with E-state index in [0.29, 0.717) is 0 Å². The van der Waals surface area contributed by atoms with Gasteiger partial charge < -0.3 is 0 Å². The van der Waals surface area contributed by atoms with Crippen LogP contribution in [-0.4, -0.2) is 8.80 Å². The van der Waals surface area contributed by atoms with Gasteiger partial charge >= 0.3 is 0 Å². The first-order chi connectivity index (χ1) is 7.36. The fraction of sp³-hybridized carbons (Fsp3) is 0.0769. The van der Waals surface area contributed by atoms with Gasteiger partial charge in [-0.3, -0.25) is 0 Å². The smallest absolute Gasteiger partial charge is 0.0903 e. The molecular formula is C13H12SSi. The van der Waals surface area contributed by atoms with Gasteiger partial charge in [-0.1, -0.05) is 54.7 Å². The number of benzene rings is 2. The van der Waals surface area contributed by atoms with Crippen LogP contribution >= 0.6 is 11.8 Å². The van der Waals surface area contributed by atoms with E-state index in [0.717, 1.165) is 0 Å². The van der Waals surface area contributed by atoms with E-state index in [4.69, 9.17) is 0 Å². The zero-order valence-corrected chi connectivity index (χ0v) is 10.6. The summed E-state index contributed by atoms with van der Waals surface area (Å²) in [6, 6.07) is 17.7. The Morgan fingerprint density at radius 2 is 1.27 bits per heavy atom. The molecule has 0 spiro atoms. The van der Waals surface area contributed by atoms with E-state index < -0.39 is 8.80 Å². The summed E-state index contributed by atoms with van der Waals surface area (Å²) < 4.78 is 0. The number of rotatable bonds is 0. The molecule has 1 heterocycles. The maximum atomic E-state index is 2.43. The molecule has 1 aliphatic heterocycles. The summed E-state index contributed by atoms with van der Waals surface area (Å²) in [5.74, 6) is 0. The molecule has 3 rings (SSSR count). The normalized spacial score (nSPS) is 14.5. The first-order valence-electron chi connectivity index (χ1n) is 5.22. The number of hydrogen-bond donors (Lipinski definition) is 0. The van der Waals surface area contributed by atoms with Gasteiger partial charge in [-0.05, 0) is 22.5 Å². The van der Waals surface area contributed by atoms with Crippen molar-refractivity contribution in [3.63, 3.8) is 0 Å². The lowest BCUT2D eigenvalue weighted by molar-refractivity contribution is 1.43. The molecule has 0 N–H and O–H groups in total. The van der Waals surface area contributed by atoms with E-state index in [1.807, 2.05) is 11.8 Å². The molecule has 0 saturated carbocycles. The van der Waals surface area contributed by atoms with E-state index in [1.165, 1.54) is 9.79 Å². The molecule has 0 bridgehead atoms. The molecule has 0 aliphatic carbocycles. The Kier molecular flexibility index (Phi) is 2.18. The molecular weight excluding hydrogens is 216 g/mol. The minimum Gasteiger partial charge on any atom is -0.0903 e. The Balaban J connectivity index is 2.20. The van der Waals surface area contributed by atoms with E-state index in [-0.39, 0.29) is 0 Å². The zero-order chi connectivity index (χ0) is 10.3. The molecule has 2 aromatic carbocycles. The second kappa shape index (κ2) is 3.54. The number of hydrogen-bond acceptors (Lipinski definition) is 1. The van der Waals surface area contributed by atoms with Gasteiger partial charge in [-0.2, -0.15) is 0 Å². The molecule has 0 fully saturated rings. The predicted octanol–water partition coefficient (Wildman–Crippen LogP) is 2.12. The van der Waals surface area contributed by atoms with Crippen LogP contribution in [0.3, 0.4) is 0 Å². The van der Waals surface area contributed by atoms with E-state index in [1.54, 1.807) is 10.4 Å². The van der Waals surface area contributed by atoms with Crippen molar-refractivity contribution >= 4 is 30.9 Å². The van der Waals surface area contributed by atoms with Crippen molar-refractivity contribution in [2.75, 3.05) is 0 Å². The highest BCUT2D eigenvalue weighted by atomic mass is 32.2. The molecule has 0 unspecified atom stereocenters. The summed E-state index contributed by atoms with van der Waals surface area (Å²) in [6.45, 7) is 2.43. The van der Waals surface area contributed by atoms with Crippen LogP contribution in [0, 0.1) is 0 Å². The lowest BCUT2D eigenvalue weighted by Gasteiger charge is -2.23. The van der Waals surface area contributed by atoms with Gasteiger partial charge in [0.1, 0.15) is 8.80 Å². The Labute approximate surface area is 95.9 Å². The Morgan fingerprint density at radius 1 is 0.800 bits per heavy atom. The van der Waals surface area contributed by atoms with E-state index in [9.17, 15) is 0 Å². The third-order valence-electron chi connectivity index (χ3n) is 2.99. The van der Waals surface area contributed by atoms with Crippen LogP contribution < -0.4 is 10.4 Å². The molecule has 2 aromatic rings. The Bertz CT molecular complexity index is 462. The maximum absolute atomic E-state index is 2.43. The van der Waals surface area contributed by atoms with Crippen LogP contribution in [0.15, 0.2) is 58.3 Å². The standard InChI is InChI=1S/C13H12SSi/c1-15-12-8-4-2-6-10(12)14-11-7-3-5-9-13(11)15/h2-9,15H,1H3. The van der Waals surface area contributed by atoms with Gasteiger partial charge in [0.2, 0.25) is 0 Å².